The molecular formula is C22H19ClF2N2O5. The summed E-state index contributed by atoms with van der Waals surface area (Å²) in [6.45, 7) is 0. The molecule has 0 fully saturated rings. The number of aromatic nitrogens is 2. The number of halogens is 3. The second-order valence-corrected chi connectivity index (χ2v) is 6.73. The second kappa shape index (κ2) is 9.69. The van der Waals surface area contributed by atoms with Crippen LogP contribution in [0.5, 0.6) is 23.0 Å². The monoisotopic (exact) mass is 464 g/mol. The Hall–Kier alpha value is -3.59. The first-order chi connectivity index (χ1) is 15.3. The zero-order chi connectivity index (χ0) is 23.4. The largest absolute Gasteiger partial charge is 0.495 e. The molecule has 0 spiro atoms. The molecule has 0 aliphatic carbocycles. The Balaban J connectivity index is 0.000000181. The fourth-order valence-corrected chi connectivity index (χ4v) is 3.26. The van der Waals surface area contributed by atoms with Crippen molar-refractivity contribution in [3.63, 3.8) is 0 Å². The van der Waals surface area contributed by atoms with Gasteiger partial charge in [0.1, 0.15) is 16.7 Å². The van der Waals surface area contributed by atoms with Crippen LogP contribution < -0.4 is 24.5 Å². The first-order valence-corrected chi connectivity index (χ1v) is 9.51. The molecule has 168 valence electrons. The van der Waals surface area contributed by atoms with Crippen LogP contribution in [-0.2, 0) is 0 Å². The third-order valence-electron chi connectivity index (χ3n) is 4.65. The van der Waals surface area contributed by atoms with Crippen molar-refractivity contribution in [1.29, 1.82) is 0 Å². The van der Waals surface area contributed by atoms with Gasteiger partial charge in [-0.1, -0.05) is 11.6 Å². The summed E-state index contributed by atoms with van der Waals surface area (Å²) < 4.78 is 46.8. The first-order valence-electron chi connectivity index (χ1n) is 9.13. The Kier molecular flexibility index (Phi) is 6.99. The Morgan fingerprint density at radius 3 is 1.78 bits per heavy atom. The van der Waals surface area contributed by atoms with Crippen molar-refractivity contribution in [2.45, 2.75) is 0 Å². The Morgan fingerprint density at radius 2 is 1.25 bits per heavy atom. The summed E-state index contributed by atoms with van der Waals surface area (Å²) in [7, 11) is 5.76. The lowest BCUT2D eigenvalue weighted by Crippen LogP contribution is -2.07. The van der Waals surface area contributed by atoms with E-state index in [1.807, 2.05) is 0 Å². The van der Waals surface area contributed by atoms with E-state index in [1.54, 1.807) is 0 Å². The number of nitrogens with one attached hydrogen (secondary N) is 1. The maximum atomic E-state index is 13.5. The van der Waals surface area contributed by atoms with E-state index in [4.69, 9.17) is 30.5 Å². The van der Waals surface area contributed by atoms with Gasteiger partial charge in [-0.3, -0.25) is 4.79 Å². The standard InChI is InChI=1S/C11H9ClFNO2.C11H10FNO3/c1-15-9-4-6-7(3-8(9)13)11(12)14-5-10(6)16-2;1-15-9-4-6-7(3-8(9)12)11(14)13-5-10(6)16-2/h3-5H,1-2H3;3-5H,1-2H3,(H,13,14). The molecule has 0 aliphatic rings. The lowest BCUT2D eigenvalue weighted by molar-refractivity contribution is 0.386. The van der Waals surface area contributed by atoms with Crippen LogP contribution in [0.2, 0.25) is 5.15 Å². The molecule has 0 aliphatic heterocycles. The molecule has 4 aromatic rings. The van der Waals surface area contributed by atoms with E-state index in [2.05, 4.69) is 9.97 Å². The van der Waals surface area contributed by atoms with Gasteiger partial charge in [0.15, 0.2) is 23.1 Å². The average Bonchev–Trinajstić information content (AvgIpc) is 2.80. The SMILES string of the molecule is COc1cc2c(OC)c[nH]c(=O)c2cc1F.COc1cc2c(OC)cnc(Cl)c2cc1F. The number of methoxy groups -OCH3 is 4. The van der Waals surface area contributed by atoms with Gasteiger partial charge in [0.25, 0.3) is 5.56 Å². The zero-order valence-corrected chi connectivity index (χ0v) is 18.3. The predicted molar refractivity (Wildman–Crippen MR) is 117 cm³/mol. The van der Waals surface area contributed by atoms with Crippen molar-refractivity contribution in [2.24, 2.45) is 0 Å². The molecule has 4 rings (SSSR count). The highest BCUT2D eigenvalue weighted by molar-refractivity contribution is 6.34. The second-order valence-electron chi connectivity index (χ2n) is 6.37. The van der Waals surface area contributed by atoms with Crippen LogP contribution in [0.15, 0.2) is 41.5 Å². The van der Waals surface area contributed by atoms with E-state index < -0.39 is 11.6 Å². The van der Waals surface area contributed by atoms with E-state index in [9.17, 15) is 13.6 Å². The average molecular weight is 465 g/mol. The van der Waals surface area contributed by atoms with Crippen molar-refractivity contribution in [2.75, 3.05) is 28.4 Å². The first kappa shape index (κ1) is 23.1. The normalized spacial score (nSPS) is 10.5. The van der Waals surface area contributed by atoms with E-state index in [-0.39, 0.29) is 27.6 Å². The minimum absolute atomic E-state index is 0.0800. The van der Waals surface area contributed by atoms with Gasteiger partial charge in [-0.15, -0.1) is 0 Å². The smallest absolute Gasteiger partial charge is 0.256 e. The third kappa shape index (κ3) is 4.38. The molecule has 10 heteroatoms. The lowest BCUT2D eigenvalue weighted by atomic mass is 10.1. The molecule has 2 heterocycles. The summed E-state index contributed by atoms with van der Waals surface area (Å²) in [5, 5.41) is 2.15. The van der Waals surface area contributed by atoms with Gasteiger partial charge < -0.3 is 23.9 Å². The van der Waals surface area contributed by atoms with E-state index in [0.29, 0.717) is 27.7 Å². The number of aromatic amines is 1. The van der Waals surface area contributed by atoms with Gasteiger partial charge in [0, 0.05) is 22.4 Å². The molecule has 0 bridgehead atoms. The number of benzene rings is 2. The molecule has 2 aromatic heterocycles. The summed E-state index contributed by atoms with van der Waals surface area (Å²) >= 11 is 5.88. The van der Waals surface area contributed by atoms with Crippen LogP contribution in [-0.4, -0.2) is 38.4 Å². The summed E-state index contributed by atoms with van der Waals surface area (Å²) in [6.07, 6.45) is 2.92. The number of H-pyrrole nitrogens is 1. The molecular weight excluding hydrogens is 446 g/mol. The van der Waals surface area contributed by atoms with Gasteiger partial charge in [0.2, 0.25) is 0 Å². The summed E-state index contributed by atoms with van der Waals surface area (Å²) in [5.74, 6) is 0.163. The van der Waals surface area contributed by atoms with Gasteiger partial charge in [0.05, 0.1) is 40.0 Å². The number of hydrogen-bond acceptors (Lipinski definition) is 6. The summed E-state index contributed by atoms with van der Waals surface area (Å²) in [5.41, 5.74) is -0.364. The van der Waals surface area contributed by atoms with Crippen molar-refractivity contribution in [1.82, 2.24) is 9.97 Å². The Morgan fingerprint density at radius 1 is 0.750 bits per heavy atom. The highest BCUT2D eigenvalue weighted by atomic mass is 35.5. The summed E-state index contributed by atoms with van der Waals surface area (Å²) in [4.78, 5) is 17.9. The molecule has 0 saturated heterocycles. The zero-order valence-electron chi connectivity index (χ0n) is 17.6. The van der Waals surface area contributed by atoms with Crippen LogP contribution >= 0.6 is 11.6 Å². The highest BCUT2D eigenvalue weighted by Crippen LogP contribution is 2.34. The topological polar surface area (TPSA) is 82.7 Å². The Labute approximate surface area is 186 Å². The van der Waals surface area contributed by atoms with Crippen molar-refractivity contribution < 1.29 is 27.7 Å². The molecule has 7 nitrogen and oxygen atoms in total. The lowest BCUT2D eigenvalue weighted by Gasteiger charge is -2.08. The van der Waals surface area contributed by atoms with Crippen molar-refractivity contribution in [3.8, 4) is 23.0 Å². The van der Waals surface area contributed by atoms with Crippen molar-refractivity contribution >= 4 is 33.1 Å². The molecule has 0 atom stereocenters. The van der Waals surface area contributed by atoms with Crippen LogP contribution in [0.25, 0.3) is 21.5 Å². The number of rotatable bonds is 4. The van der Waals surface area contributed by atoms with Crippen LogP contribution in [0.4, 0.5) is 8.78 Å². The minimum atomic E-state index is -0.575. The molecule has 2 aromatic carbocycles. The van der Waals surface area contributed by atoms with Gasteiger partial charge in [-0.2, -0.15) is 0 Å². The maximum Gasteiger partial charge on any atom is 0.256 e. The van der Waals surface area contributed by atoms with Gasteiger partial charge >= 0.3 is 0 Å². The molecule has 0 radical (unpaired) electrons. The minimum Gasteiger partial charge on any atom is -0.495 e. The van der Waals surface area contributed by atoms with Gasteiger partial charge in [-0.25, -0.2) is 13.8 Å². The number of ether oxygens (including phenoxy) is 4. The van der Waals surface area contributed by atoms with Crippen molar-refractivity contribution in [3.05, 3.63) is 63.8 Å². The number of pyridine rings is 2. The summed E-state index contributed by atoms with van der Waals surface area (Å²) in [6, 6.07) is 5.40. The van der Waals surface area contributed by atoms with Crippen LogP contribution in [0.3, 0.4) is 0 Å². The molecule has 0 amide bonds. The number of hydrogen-bond donors (Lipinski definition) is 1. The third-order valence-corrected chi connectivity index (χ3v) is 4.95. The van der Waals surface area contributed by atoms with Crippen LogP contribution in [0.1, 0.15) is 0 Å². The predicted octanol–water partition coefficient (Wildman–Crippen LogP) is 4.73. The van der Waals surface area contributed by atoms with E-state index in [0.717, 1.165) is 6.07 Å². The quantitative estimate of drug-likeness (QED) is 0.440. The maximum absolute atomic E-state index is 13.5. The number of nitrogens with zero attached hydrogens (tertiary/aromatic N) is 1. The van der Waals surface area contributed by atoms with E-state index >= 15 is 0 Å². The number of fused-ring (bicyclic) bond motifs is 2. The molecule has 0 unspecified atom stereocenters. The molecule has 32 heavy (non-hydrogen) atoms. The highest BCUT2D eigenvalue weighted by Gasteiger charge is 2.12. The molecule has 0 saturated carbocycles. The van der Waals surface area contributed by atoms with Gasteiger partial charge in [-0.05, 0) is 24.3 Å². The Bertz CT molecular complexity index is 1340. The van der Waals surface area contributed by atoms with E-state index in [1.165, 1.54) is 59.0 Å². The molecule has 1 N–H and O–H groups in total. The fraction of sp³-hybridized carbons (Fsp3) is 0.182. The fourth-order valence-electron chi connectivity index (χ4n) is 3.06. The van der Waals surface area contributed by atoms with Crippen LogP contribution in [0, 0.1) is 11.6 Å².